The second-order valence-corrected chi connectivity index (χ2v) is 8.15. The monoisotopic (exact) mass is 446 g/mol. The Bertz CT molecular complexity index is 1380. The van der Waals surface area contributed by atoms with Crippen LogP contribution < -0.4 is 19.6 Å². The number of carbonyl (C=O) groups is 1. The van der Waals surface area contributed by atoms with E-state index in [4.69, 9.17) is 9.47 Å². The Morgan fingerprint density at radius 2 is 1.81 bits per heavy atom. The van der Waals surface area contributed by atoms with Crippen molar-refractivity contribution in [2.45, 2.75) is 13.0 Å². The number of allylic oxidation sites excluding steroid dienone is 2. The van der Waals surface area contributed by atoms with Crippen molar-refractivity contribution in [2.75, 3.05) is 14.2 Å². The number of hydrogen-bond acceptors (Lipinski definition) is 6. The van der Waals surface area contributed by atoms with Gasteiger partial charge in [-0.25, -0.2) is 9.79 Å². The lowest BCUT2D eigenvalue weighted by molar-refractivity contribution is -0.136. The Labute approximate surface area is 189 Å². The van der Waals surface area contributed by atoms with Crippen molar-refractivity contribution < 1.29 is 14.3 Å². The molecule has 162 valence electrons. The third-order valence-corrected chi connectivity index (χ3v) is 6.20. The third kappa shape index (κ3) is 4.07. The minimum Gasteiger partial charge on any atom is -0.497 e. The largest absolute Gasteiger partial charge is 0.497 e. The predicted octanol–water partition coefficient (Wildman–Crippen LogP) is 3.08. The Morgan fingerprint density at radius 3 is 2.47 bits per heavy atom. The fraction of sp³-hybridized carbons (Fsp3) is 0.160. The van der Waals surface area contributed by atoms with Gasteiger partial charge >= 0.3 is 5.97 Å². The fourth-order valence-corrected chi connectivity index (χ4v) is 4.62. The molecule has 4 rings (SSSR count). The van der Waals surface area contributed by atoms with Gasteiger partial charge in [0.25, 0.3) is 5.56 Å². The number of rotatable bonds is 5. The van der Waals surface area contributed by atoms with Gasteiger partial charge in [0.2, 0.25) is 0 Å². The first-order valence-electron chi connectivity index (χ1n) is 10.00. The molecule has 0 fully saturated rings. The molecule has 1 aromatic heterocycles. The van der Waals surface area contributed by atoms with E-state index in [0.717, 1.165) is 11.1 Å². The number of carbonyl (C=O) groups excluding carboxylic acids is 1. The number of thiazole rings is 1. The maximum absolute atomic E-state index is 13.4. The molecule has 0 saturated carbocycles. The molecule has 0 N–H and O–H groups in total. The van der Waals surface area contributed by atoms with Gasteiger partial charge < -0.3 is 9.47 Å². The first kappa shape index (κ1) is 21.5. The first-order valence-corrected chi connectivity index (χ1v) is 10.8. The maximum Gasteiger partial charge on any atom is 0.338 e. The molecular weight excluding hydrogens is 424 g/mol. The highest BCUT2D eigenvalue weighted by atomic mass is 32.1. The normalized spacial score (nSPS) is 16.1. The summed E-state index contributed by atoms with van der Waals surface area (Å²) in [6.07, 6.45) is 5.56. The van der Waals surface area contributed by atoms with E-state index >= 15 is 0 Å². The summed E-state index contributed by atoms with van der Waals surface area (Å²) in [5.41, 5.74) is 2.48. The molecule has 0 unspecified atom stereocenters. The molecule has 0 radical (unpaired) electrons. The first-order chi connectivity index (χ1) is 15.5. The summed E-state index contributed by atoms with van der Waals surface area (Å²) in [7, 11) is 2.91. The number of esters is 1. The van der Waals surface area contributed by atoms with Gasteiger partial charge in [0.1, 0.15) is 5.75 Å². The molecule has 6 nitrogen and oxygen atoms in total. The van der Waals surface area contributed by atoms with Crippen LogP contribution in [0.2, 0.25) is 0 Å². The highest BCUT2D eigenvalue weighted by Gasteiger charge is 2.32. The average molecular weight is 447 g/mol. The minimum absolute atomic E-state index is 0.207. The van der Waals surface area contributed by atoms with Gasteiger partial charge in [-0.1, -0.05) is 66.0 Å². The van der Waals surface area contributed by atoms with Crippen molar-refractivity contribution in [3.05, 3.63) is 103 Å². The number of methoxy groups -OCH3 is 2. The molecule has 0 amide bonds. The minimum atomic E-state index is -0.634. The average Bonchev–Trinajstić information content (AvgIpc) is 3.13. The maximum atomic E-state index is 13.4. The van der Waals surface area contributed by atoms with Crippen molar-refractivity contribution in [1.29, 1.82) is 0 Å². The second-order valence-electron chi connectivity index (χ2n) is 7.14. The Balaban J connectivity index is 1.86. The van der Waals surface area contributed by atoms with Crippen LogP contribution in [0.25, 0.3) is 12.2 Å². The topological polar surface area (TPSA) is 69.9 Å². The van der Waals surface area contributed by atoms with Crippen molar-refractivity contribution in [3.63, 3.8) is 0 Å². The number of hydrogen-bond donors (Lipinski definition) is 0. The predicted molar refractivity (Wildman–Crippen MR) is 125 cm³/mol. The van der Waals surface area contributed by atoms with Crippen molar-refractivity contribution >= 4 is 29.5 Å². The molecule has 1 atom stereocenters. The number of ether oxygens (including phenoxy) is 2. The molecule has 0 bridgehead atoms. The second kappa shape index (κ2) is 9.20. The van der Waals surface area contributed by atoms with Crippen LogP contribution in [-0.2, 0) is 9.53 Å². The van der Waals surface area contributed by atoms with E-state index in [2.05, 4.69) is 4.99 Å². The SMILES string of the molecule is COC(=O)C1=C(C)N=c2s/c(=C/C=C/c3ccccc3)c(=O)n2[C@@H]1c1ccc(OC)cc1. The third-order valence-electron chi connectivity index (χ3n) is 5.19. The number of benzene rings is 2. The molecule has 0 aliphatic carbocycles. The molecule has 1 aliphatic rings. The number of aromatic nitrogens is 1. The zero-order valence-electron chi connectivity index (χ0n) is 17.9. The summed E-state index contributed by atoms with van der Waals surface area (Å²) in [5, 5.41) is 0. The van der Waals surface area contributed by atoms with Gasteiger partial charge in [0.15, 0.2) is 4.80 Å². The van der Waals surface area contributed by atoms with Crippen LogP contribution in [0.5, 0.6) is 5.75 Å². The van der Waals surface area contributed by atoms with Crippen LogP contribution in [-0.4, -0.2) is 24.8 Å². The Morgan fingerprint density at radius 1 is 1.09 bits per heavy atom. The van der Waals surface area contributed by atoms with Crippen molar-refractivity contribution in [2.24, 2.45) is 4.99 Å². The van der Waals surface area contributed by atoms with Crippen molar-refractivity contribution in [3.8, 4) is 5.75 Å². The molecule has 3 aromatic rings. The quantitative estimate of drug-likeness (QED) is 0.565. The van der Waals surface area contributed by atoms with E-state index < -0.39 is 12.0 Å². The van der Waals surface area contributed by atoms with Gasteiger partial charge in [-0.05, 0) is 36.3 Å². The number of nitrogens with zero attached hydrogens (tertiary/aromatic N) is 2. The summed E-state index contributed by atoms with van der Waals surface area (Å²) in [4.78, 5) is 31.1. The smallest absolute Gasteiger partial charge is 0.338 e. The van der Waals surface area contributed by atoms with Gasteiger partial charge in [-0.3, -0.25) is 9.36 Å². The summed E-state index contributed by atoms with van der Waals surface area (Å²) < 4.78 is 12.4. The fourth-order valence-electron chi connectivity index (χ4n) is 3.62. The molecule has 0 saturated heterocycles. The van der Waals surface area contributed by atoms with E-state index in [0.29, 0.717) is 26.4 Å². The zero-order valence-corrected chi connectivity index (χ0v) is 18.8. The highest BCUT2D eigenvalue weighted by molar-refractivity contribution is 7.07. The number of fused-ring (bicyclic) bond motifs is 1. The Kier molecular flexibility index (Phi) is 6.18. The van der Waals surface area contributed by atoms with Crippen LogP contribution in [0.1, 0.15) is 24.1 Å². The van der Waals surface area contributed by atoms with Gasteiger partial charge in [-0.15, -0.1) is 0 Å². The summed E-state index contributed by atoms with van der Waals surface area (Å²) in [5.74, 6) is 0.179. The summed E-state index contributed by atoms with van der Waals surface area (Å²) in [6.45, 7) is 1.76. The Hall–Kier alpha value is -3.71. The summed E-state index contributed by atoms with van der Waals surface area (Å²) >= 11 is 1.29. The van der Waals surface area contributed by atoms with E-state index in [9.17, 15) is 9.59 Å². The van der Waals surface area contributed by atoms with Crippen LogP contribution >= 0.6 is 11.3 Å². The molecule has 2 aromatic carbocycles. The van der Waals surface area contributed by atoms with E-state index in [1.165, 1.54) is 18.4 Å². The zero-order chi connectivity index (χ0) is 22.7. The van der Waals surface area contributed by atoms with E-state index in [1.54, 1.807) is 36.8 Å². The van der Waals surface area contributed by atoms with Gasteiger partial charge in [0, 0.05) is 0 Å². The van der Waals surface area contributed by atoms with Crippen LogP contribution in [0.3, 0.4) is 0 Å². The molecule has 0 spiro atoms. The van der Waals surface area contributed by atoms with Gasteiger partial charge in [-0.2, -0.15) is 0 Å². The van der Waals surface area contributed by atoms with E-state index in [-0.39, 0.29) is 5.56 Å². The van der Waals surface area contributed by atoms with Crippen LogP contribution in [0.15, 0.2) is 81.7 Å². The van der Waals surface area contributed by atoms with Crippen LogP contribution in [0.4, 0.5) is 0 Å². The highest BCUT2D eigenvalue weighted by Crippen LogP contribution is 2.31. The van der Waals surface area contributed by atoms with Crippen LogP contribution in [0, 0.1) is 0 Å². The summed E-state index contributed by atoms with van der Waals surface area (Å²) in [6, 6.07) is 16.5. The molecule has 7 heteroatoms. The molecule has 1 aliphatic heterocycles. The van der Waals surface area contributed by atoms with Gasteiger partial charge in [0.05, 0.1) is 36.1 Å². The lowest BCUT2D eigenvalue weighted by atomic mass is 9.96. The molecule has 32 heavy (non-hydrogen) atoms. The lowest BCUT2D eigenvalue weighted by Crippen LogP contribution is -2.39. The van der Waals surface area contributed by atoms with Crippen molar-refractivity contribution in [1.82, 2.24) is 4.57 Å². The van der Waals surface area contributed by atoms with E-state index in [1.807, 2.05) is 54.6 Å². The molecule has 2 heterocycles. The molecular formula is C25H22N2O4S. The standard InChI is InChI=1S/C25H22N2O4S/c1-16-21(24(29)31-3)22(18-12-14-19(30-2)15-13-18)27-23(28)20(32-25(27)26-16)11-7-10-17-8-5-4-6-9-17/h4-15,22H,1-3H3/b10-7+,20-11+/t22-/m1/s1. The lowest BCUT2D eigenvalue weighted by Gasteiger charge is -2.24.